The number of carboxylic acid groups (broad SMARTS) is 1. The van der Waals surface area contributed by atoms with Gasteiger partial charge in [-0.1, -0.05) is 37.6 Å². The number of aliphatic hydroxyl groups excluding tert-OH is 1. The molecule has 0 bridgehead atoms. The summed E-state index contributed by atoms with van der Waals surface area (Å²) in [7, 11) is 0. The Kier molecular flexibility index (Phi) is 6.04. The monoisotopic (exact) mass is 356 g/mol. The molecule has 1 heterocycles. The Labute approximate surface area is 145 Å². The lowest BCUT2D eigenvalue weighted by atomic mass is 10.0. The summed E-state index contributed by atoms with van der Waals surface area (Å²) in [4.78, 5) is 25.0. The van der Waals surface area contributed by atoms with E-state index in [0.29, 0.717) is 11.4 Å². The van der Waals surface area contributed by atoms with E-state index in [9.17, 15) is 14.7 Å². The highest BCUT2D eigenvalue weighted by molar-refractivity contribution is 6.30. The number of carbonyl (C=O) groups excluding carboxylic acids is 1. The van der Waals surface area contributed by atoms with Crippen molar-refractivity contribution in [2.45, 2.75) is 38.6 Å². The maximum absolute atomic E-state index is 12.7. The van der Waals surface area contributed by atoms with E-state index in [4.69, 9.17) is 21.4 Å². The minimum atomic E-state index is -1.27. The number of benzene rings is 1. The first-order valence-corrected chi connectivity index (χ1v) is 8.01. The quantitative estimate of drug-likeness (QED) is 0.745. The summed E-state index contributed by atoms with van der Waals surface area (Å²) in [5, 5.41) is 21.8. The molecule has 3 atom stereocenters. The second-order valence-corrected chi connectivity index (χ2v) is 6.50. The molecule has 2 amide bonds. The molecule has 0 aliphatic carbocycles. The lowest BCUT2D eigenvalue weighted by Crippen LogP contribution is -2.53. The molecule has 1 aliphatic rings. The number of hydrogen-bond donors (Lipinski definition) is 3. The number of hydrogen-bond acceptors (Lipinski definition) is 4. The maximum atomic E-state index is 12.7. The average molecular weight is 357 g/mol. The third-order valence-electron chi connectivity index (χ3n) is 3.97. The standard InChI is InChI=1S/C16H21ClN2O5/c1-9(2)13(18-16(22)23)14(20)19-8-24-15(21)12(19)7-10-3-5-11(17)6-4-10/h3-6,9,12-13,15,18,21H,7-8H2,1-2H3,(H,22,23). The third-order valence-corrected chi connectivity index (χ3v) is 4.22. The van der Waals surface area contributed by atoms with Crippen LogP contribution in [0.2, 0.25) is 5.02 Å². The van der Waals surface area contributed by atoms with Gasteiger partial charge in [0.25, 0.3) is 0 Å². The van der Waals surface area contributed by atoms with Crippen molar-refractivity contribution in [3.8, 4) is 0 Å². The van der Waals surface area contributed by atoms with E-state index in [-0.39, 0.29) is 12.6 Å². The van der Waals surface area contributed by atoms with Gasteiger partial charge in [-0.05, 0) is 30.0 Å². The third kappa shape index (κ3) is 4.37. The average Bonchev–Trinajstić information content (AvgIpc) is 2.87. The van der Waals surface area contributed by atoms with Crippen LogP contribution in [0.1, 0.15) is 19.4 Å². The fourth-order valence-electron chi connectivity index (χ4n) is 2.64. The molecule has 0 radical (unpaired) electrons. The van der Waals surface area contributed by atoms with Crippen LogP contribution >= 0.6 is 11.6 Å². The Hall–Kier alpha value is -1.83. The Morgan fingerprint density at radius 3 is 2.54 bits per heavy atom. The van der Waals surface area contributed by atoms with Gasteiger partial charge >= 0.3 is 6.09 Å². The minimum Gasteiger partial charge on any atom is -0.465 e. The number of ether oxygens (including phenoxy) is 1. The highest BCUT2D eigenvalue weighted by atomic mass is 35.5. The summed E-state index contributed by atoms with van der Waals surface area (Å²) < 4.78 is 5.19. The SMILES string of the molecule is CC(C)C(NC(=O)O)C(=O)N1COC(O)C1Cc1ccc(Cl)cc1. The van der Waals surface area contributed by atoms with Crippen LogP contribution in [0.4, 0.5) is 4.79 Å². The summed E-state index contributed by atoms with van der Waals surface area (Å²) in [6, 6.07) is 5.60. The highest BCUT2D eigenvalue weighted by Crippen LogP contribution is 2.23. The van der Waals surface area contributed by atoms with Gasteiger partial charge in [0, 0.05) is 5.02 Å². The molecule has 1 aromatic carbocycles. The molecular weight excluding hydrogens is 336 g/mol. The molecule has 0 aromatic heterocycles. The van der Waals surface area contributed by atoms with Crippen LogP contribution in [-0.2, 0) is 16.0 Å². The maximum Gasteiger partial charge on any atom is 0.405 e. The van der Waals surface area contributed by atoms with Crippen molar-refractivity contribution in [3.05, 3.63) is 34.9 Å². The van der Waals surface area contributed by atoms with Gasteiger partial charge < -0.3 is 25.2 Å². The van der Waals surface area contributed by atoms with Gasteiger partial charge in [0.2, 0.25) is 5.91 Å². The lowest BCUT2D eigenvalue weighted by molar-refractivity contribution is -0.136. The summed E-state index contributed by atoms with van der Waals surface area (Å²) in [6.07, 6.45) is -2.01. The van der Waals surface area contributed by atoms with Crippen LogP contribution in [0.3, 0.4) is 0 Å². The number of nitrogens with one attached hydrogen (secondary N) is 1. The normalized spacial score (nSPS) is 21.8. The predicted octanol–water partition coefficient (Wildman–Crippen LogP) is 1.68. The van der Waals surface area contributed by atoms with Crippen LogP contribution in [0.25, 0.3) is 0 Å². The lowest BCUT2D eigenvalue weighted by Gasteiger charge is -2.29. The van der Waals surface area contributed by atoms with Crippen LogP contribution in [0.5, 0.6) is 0 Å². The second-order valence-electron chi connectivity index (χ2n) is 6.06. The van der Waals surface area contributed by atoms with Crippen LogP contribution in [-0.4, -0.2) is 52.2 Å². The topological polar surface area (TPSA) is 99.1 Å². The van der Waals surface area contributed by atoms with E-state index in [0.717, 1.165) is 5.56 Å². The Morgan fingerprint density at radius 2 is 2.00 bits per heavy atom. The Bertz CT molecular complexity index is 593. The smallest absolute Gasteiger partial charge is 0.405 e. The van der Waals surface area contributed by atoms with Gasteiger partial charge in [-0.3, -0.25) is 4.79 Å². The summed E-state index contributed by atoms with van der Waals surface area (Å²) in [5.41, 5.74) is 0.888. The number of aliphatic hydroxyl groups is 1. The van der Waals surface area contributed by atoms with Crippen molar-refractivity contribution in [1.82, 2.24) is 10.2 Å². The largest absolute Gasteiger partial charge is 0.465 e. The molecule has 2 rings (SSSR count). The molecule has 1 aliphatic heterocycles. The zero-order valence-electron chi connectivity index (χ0n) is 13.5. The van der Waals surface area contributed by atoms with E-state index in [1.807, 2.05) is 12.1 Å². The van der Waals surface area contributed by atoms with E-state index in [2.05, 4.69) is 5.32 Å². The number of halogens is 1. The number of carbonyl (C=O) groups is 2. The fourth-order valence-corrected chi connectivity index (χ4v) is 2.77. The van der Waals surface area contributed by atoms with E-state index >= 15 is 0 Å². The van der Waals surface area contributed by atoms with Crippen molar-refractivity contribution in [1.29, 1.82) is 0 Å². The number of nitrogens with zero attached hydrogens (tertiary/aromatic N) is 1. The van der Waals surface area contributed by atoms with Gasteiger partial charge in [0.1, 0.15) is 12.8 Å². The number of rotatable bonds is 5. The molecule has 0 spiro atoms. The first-order valence-electron chi connectivity index (χ1n) is 7.63. The van der Waals surface area contributed by atoms with Crippen molar-refractivity contribution < 1.29 is 24.5 Å². The first-order chi connectivity index (χ1) is 11.3. The van der Waals surface area contributed by atoms with Crippen molar-refractivity contribution in [2.75, 3.05) is 6.73 Å². The molecule has 1 saturated heterocycles. The van der Waals surface area contributed by atoms with Gasteiger partial charge in [-0.25, -0.2) is 4.79 Å². The Balaban J connectivity index is 2.15. The van der Waals surface area contributed by atoms with Crippen LogP contribution in [0, 0.1) is 5.92 Å². The highest BCUT2D eigenvalue weighted by Gasteiger charge is 2.40. The molecule has 24 heavy (non-hydrogen) atoms. The van der Waals surface area contributed by atoms with Gasteiger partial charge in [-0.15, -0.1) is 0 Å². The van der Waals surface area contributed by atoms with Gasteiger partial charge in [-0.2, -0.15) is 0 Å². The Morgan fingerprint density at radius 1 is 1.38 bits per heavy atom. The van der Waals surface area contributed by atoms with Crippen LogP contribution in [0.15, 0.2) is 24.3 Å². The minimum absolute atomic E-state index is 0.0806. The van der Waals surface area contributed by atoms with Crippen molar-refractivity contribution in [3.63, 3.8) is 0 Å². The molecule has 1 aromatic rings. The molecule has 0 saturated carbocycles. The fraction of sp³-hybridized carbons (Fsp3) is 0.500. The molecule has 3 N–H and O–H groups in total. The molecule has 1 fully saturated rings. The van der Waals surface area contributed by atoms with E-state index in [1.54, 1.807) is 26.0 Å². The molecule has 132 valence electrons. The molecular formula is C16H21ClN2O5. The predicted molar refractivity (Wildman–Crippen MR) is 87.5 cm³/mol. The second kappa shape index (κ2) is 7.83. The summed E-state index contributed by atoms with van der Waals surface area (Å²) >= 11 is 5.86. The zero-order chi connectivity index (χ0) is 17.9. The molecule has 3 unspecified atom stereocenters. The van der Waals surface area contributed by atoms with E-state index < -0.39 is 30.4 Å². The zero-order valence-corrected chi connectivity index (χ0v) is 14.2. The van der Waals surface area contributed by atoms with Gasteiger partial charge in [0.15, 0.2) is 6.29 Å². The summed E-state index contributed by atoms with van der Waals surface area (Å²) in [5.74, 6) is -0.648. The summed E-state index contributed by atoms with van der Waals surface area (Å²) in [6.45, 7) is 3.42. The van der Waals surface area contributed by atoms with Crippen molar-refractivity contribution in [2.24, 2.45) is 5.92 Å². The molecule has 8 heteroatoms. The first kappa shape index (κ1) is 18.5. The van der Waals surface area contributed by atoms with Crippen molar-refractivity contribution >= 4 is 23.6 Å². The van der Waals surface area contributed by atoms with Crippen LogP contribution < -0.4 is 5.32 Å². The van der Waals surface area contributed by atoms with E-state index in [1.165, 1.54) is 4.90 Å². The van der Waals surface area contributed by atoms with Gasteiger partial charge in [0.05, 0.1) is 6.04 Å². The number of amides is 2. The molecule has 7 nitrogen and oxygen atoms in total.